The van der Waals surface area contributed by atoms with Crippen molar-refractivity contribution >= 4 is 22.3 Å². The molecule has 1 aromatic carbocycles. The summed E-state index contributed by atoms with van der Waals surface area (Å²) in [5.74, 6) is 0. The largest absolute Gasteiger partial charge is 0.393 e. The first kappa shape index (κ1) is 12.4. The zero-order valence-corrected chi connectivity index (χ0v) is 11.3. The van der Waals surface area contributed by atoms with Crippen molar-refractivity contribution < 1.29 is 0 Å². The summed E-state index contributed by atoms with van der Waals surface area (Å²) in [5.41, 5.74) is 5.75. The predicted molar refractivity (Wildman–Crippen MR) is 76.4 cm³/mol. The Morgan fingerprint density at radius 3 is 2.50 bits per heavy atom. The van der Waals surface area contributed by atoms with Crippen molar-refractivity contribution in [3.8, 4) is 0 Å². The molecule has 1 aromatic heterocycles. The van der Waals surface area contributed by atoms with Crippen LogP contribution < -0.4 is 5.32 Å². The average Bonchev–Trinajstić information content (AvgIpc) is 2.32. The van der Waals surface area contributed by atoms with E-state index in [4.69, 9.17) is 6.57 Å². The van der Waals surface area contributed by atoms with Crippen LogP contribution in [0.1, 0.15) is 23.7 Å². The molecule has 0 aliphatic rings. The van der Waals surface area contributed by atoms with Crippen LogP contribution in [-0.2, 0) is 0 Å². The predicted octanol–water partition coefficient (Wildman–Crippen LogP) is 4.14. The van der Waals surface area contributed by atoms with E-state index < -0.39 is 0 Å². The van der Waals surface area contributed by atoms with Crippen LogP contribution in [0.25, 0.3) is 15.7 Å². The highest BCUT2D eigenvalue weighted by Crippen LogP contribution is 2.36. The minimum absolute atomic E-state index is 0.632. The van der Waals surface area contributed by atoms with Crippen LogP contribution in [0.3, 0.4) is 0 Å². The Morgan fingerprint density at radius 2 is 1.89 bits per heavy atom. The van der Waals surface area contributed by atoms with E-state index in [2.05, 4.69) is 41.1 Å². The fourth-order valence-electron chi connectivity index (χ4n) is 2.13. The van der Waals surface area contributed by atoms with Gasteiger partial charge in [0.2, 0.25) is 5.69 Å². The van der Waals surface area contributed by atoms with Gasteiger partial charge in [-0.3, -0.25) is 4.98 Å². The first-order chi connectivity index (χ1) is 8.58. The molecule has 0 saturated heterocycles. The molecule has 0 amide bonds. The minimum atomic E-state index is 0.632. The lowest BCUT2D eigenvalue weighted by molar-refractivity contribution is 1.20. The monoisotopic (exact) mass is 239 g/mol. The molecule has 0 fully saturated rings. The second-order valence-corrected chi connectivity index (χ2v) is 4.52. The quantitative estimate of drug-likeness (QED) is 0.798. The molecular weight excluding hydrogens is 222 g/mol. The van der Waals surface area contributed by atoms with Gasteiger partial charge in [0.25, 0.3) is 0 Å². The molecule has 0 spiro atoms. The van der Waals surface area contributed by atoms with Crippen molar-refractivity contribution in [2.24, 2.45) is 0 Å². The molecule has 3 heteroatoms. The molecule has 1 N–H and O–H groups in total. The van der Waals surface area contributed by atoms with E-state index in [0.717, 1.165) is 28.8 Å². The Morgan fingerprint density at radius 1 is 1.22 bits per heavy atom. The Balaban J connectivity index is 2.88. The number of nitrogens with one attached hydrogen (secondary N) is 1. The maximum absolute atomic E-state index is 7.32. The first-order valence-electron chi connectivity index (χ1n) is 6.11. The molecule has 2 aromatic rings. The molecule has 1 heterocycles. The van der Waals surface area contributed by atoms with Gasteiger partial charge in [0, 0.05) is 17.6 Å². The highest BCUT2D eigenvalue weighted by atomic mass is 14.9. The van der Waals surface area contributed by atoms with Crippen LogP contribution in [0.4, 0.5) is 11.4 Å². The Kier molecular flexibility index (Phi) is 3.20. The van der Waals surface area contributed by atoms with Gasteiger partial charge in [-0.25, -0.2) is 4.85 Å². The maximum Gasteiger partial charge on any atom is 0.230 e. The Hall–Kier alpha value is -2.08. The van der Waals surface area contributed by atoms with Gasteiger partial charge in [-0.15, -0.1) is 0 Å². The topological polar surface area (TPSA) is 29.3 Å². The summed E-state index contributed by atoms with van der Waals surface area (Å²) in [6.07, 6.45) is 0. The molecule has 0 radical (unpaired) electrons. The lowest BCUT2D eigenvalue weighted by Crippen LogP contribution is -2.00. The van der Waals surface area contributed by atoms with Gasteiger partial charge in [0.1, 0.15) is 0 Å². The van der Waals surface area contributed by atoms with Crippen LogP contribution >= 0.6 is 0 Å². The van der Waals surface area contributed by atoms with E-state index >= 15 is 0 Å². The van der Waals surface area contributed by atoms with Crippen molar-refractivity contribution in [3.05, 3.63) is 40.4 Å². The van der Waals surface area contributed by atoms with Crippen molar-refractivity contribution in [1.82, 2.24) is 4.98 Å². The van der Waals surface area contributed by atoms with Crippen LogP contribution in [0.5, 0.6) is 0 Å². The summed E-state index contributed by atoms with van der Waals surface area (Å²) >= 11 is 0. The van der Waals surface area contributed by atoms with E-state index in [1.807, 2.05) is 13.8 Å². The molecule has 0 saturated carbocycles. The van der Waals surface area contributed by atoms with Crippen molar-refractivity contribution in [2.75, 3.05) is 11.9 Å². The van der Waals surface area contributed by atoms with Crippen molar-refractivity contribution in [1.29, 1.82) is 0 Å². The third-order valence-corrected chi connectivity index (χ3v) is 3.21. The minimum Gasteiger partial charge on any atom is -0.393 e. The van der Waals surface area contributed by atoms with E-state index in [0.29, 0.717) is 5.69 Å². The number of hydrogen-bond acceptors (Lipinski definition) is 2. The molecular formula is C15H17N3. The molecule has 0 aliphatic carbocycles. The smallest absolute Gasteiger partial charge is 0.230 e. The highest BCUT2D eigenvalue weighted by molar-refractivity contribution is 5.99. The average molecular weight is 239 g/mol. The summed E-state index contributed by atoms with van der Waals surface area (Å²) in [5, 5.41) is 4.34. The third kappa shape index (κ3) is 1.91. The van der Waals surface area contributed by atoms with Gasteiger partial charge in [-0.2, -0.15) is 0 Å². The standard InChI is InChI=1S/C15H17N3/c1-6-17-15-12-7-9(2)10(3)8-13(12)18-11(4)14(15)16-5/h7-8H,6H2,1-4H3,(H,17,18). The van der Waals surface area contributed by atoms with Gasteiger partial charge in [0.05, 0.1) is 17.8 Å². The molecule has 92 valence electrons. The molecule has 0 atom stereocenters. The Bertz CT molecular complexity index is 651. The second kappa shape index (κ2) is 4.66. The van der Waals surface area contributed by atoms with E-state index in [-0.39, 0.29) is 0 Å². The summed E-state index contributed by atoms with van der Waals surface area (Å²) in [7, 11) is 0. The summed E-state index contributed by atoms with van der Waals surface area (Å²) in [6.45, 7) is 16.2. The zero-order valence-electron chi connectivity index (χ0n) is 11.3. The highest BCUT2D eigenvalue weighted by Gasteiger charge is 2.13. The molecule has 0 aliphatic heterocycles. The first-order valence-corrected chi connectivity index (χ1v) is 6.11. The lowest BCUT2D eigenvalue weighted by Gasteiger charge is -2.13. The van der Waals surface area contributed by atoms with E-state index in [9.17, 15) is 0 Å². The van der Waals surface area contributed by atoms with Crippen LogP contribution in [0, 0.1) is 27.3 Å². The van der Waals surface area contributed by atoms with Crippen LogP contribution in [0.15, 0.2) is 12.1 Å². The molecule has 18 heavy (non-hydrogen) atoms. The van der Waals surface area contributed by atoms with Gasteiger partial charge in [-0.1, -0.05) is 0 Å². The number of anilines is 1. The van der Waals surface area contributed by atoms with E-state index in [1.165, 1.54) is 11.1 Å². The fourth-order valence-corrected chi connectivity index (χ4v) is 2.13. The number of nitrogens with zero attached hydrogens (tertiary/aromatic N) is 2. The summed E-state index contributed by atoms with van der Waals surface area (Å²) in [4.78, 5) is 8.15. The molecule has 2 rings (SSSR count). The third-order valence-electron chi connectivity index (χ3n) is 3.21. The Labute approximate surface area is 108 Å². The van der Waals surface area contributed by atoms with Gasteiger partial charge in [0.15, 0.2) is 0 Å². The van der Waals surface area contributed by atoms with Crippen LogP contribution in [-0.4, -0.2) is 11.5 Å². The molecule has 3 nitrogen and oxygen atoms in total. The maximum atomic E-state index is 7.32. The summed E-state index contributed by atoms with van der Waals surface area (Å²) in [6, 6.07) is 4.20. The second-order valence-electron chi connectivity index (χ2n) is 4.52. The number of aryl methyl sites for hydroxylation is 3. The molecule has 0 bridgehead atoms. The fraction of sp³-hybridized carbons (Fsp3) is 0.333. The van der Waals surface area contributed by atoms with Crippen molar-refractivity contribution in [3.63, 3.8) is 0 Å². The van der Waals surface area contributed by atoms with Gasteiger partial charge < -0.3 is 5.32 Å². The number of rotatable bonds is 2. The number of benzene rings is 1. The normalized spacial score (nSPS) is 10.4. The SMILES string of the molecule is [C-]#[N+]c1c(C)nc2cc(C)c(C)cc2c1NCC. The number of aromatic nitrogens is 1. The van der Waals surface area contributed by atoms with E-state index in [1.54, 1.807) is 0 Å². The lowest BCUT2D eigenvalue weighted by atomic mass is 10.0. The summed E-state index contributed by atoms with van der Waals surface area (Å²) < 4.78 is 0. The number of pyridine rings is 1. The van der Waals surface area contributed by atoms with Crippen molar-refractivity contribution in [2.45, 2.75) is 27.7 Å². The van der Waals surface area contributed by atoms with Gasteiger partial charge in [-0.05, 0) is 51.0 Å². The van der Waals surface area contributed by atoms with Gasteiger partial charge >= 0.3 is 0 Å². The zero-order chi connectivity index (χ0) is 13.3. The number of fused-ring (bicyclic) bond motifs is 1. The number of hydrogen-bond donors (Lipinski definition) is 1. The molecule has 0 unspecified atom stereocenters. The van der Waals surface area contributed by atoms with Crippen LogP contribution in [0.2, 0.25) is 0 Å².